The van der Waals surface area contributed by atoms with Crippen LogP contribution in [0.3, 0.4) is 0 Å². The molecule has 94 valence electrons. The Morgan fingerprint density at radius 2 is 2.28 bits per heavy atom. The normalized spacial score (nSPS) is 10.5. The fraction of sp³-hybridized carbons (Fsp3) is 0.250. The van der Waals surface area contributed by atoms with Crippen LogP contribution >= 0.6 is 0 Å². The molecule has 2 aromatic rings. The van der Waals surface area contributed by atoms with Crippen LogP contribution in [0.15, 0.2) is 36.7 Å². The molecule has 2 rings (SSSR count). The van der Waals surface area contributed by atoms with E-state index in [1.165, 1.54) is 12.1 Å². The molecule has 0 spiro atoms. The van der Waals surface area contributed by atoms with Gasteiger partial charge in [-0.25, -0.2) is 4.68 Å². The Bertz CT molecular complexity index is 551. The molecule has 0 aliphatic carbocycles. The smallest absolute Gasteiger partial charge is 0.271 e. The largest absolute Gasteiger partial charge is 0.330 e. The summed E-state index contributed by atoms with van der Waals surface area (Å²) in [5.74, 6) is 0. The molecule has 0 saturated heterocycles. The molecule has 6 nitrogen and oxygen atoms in total. The van der Waals surface area contributed by atoms with Gasteiger partial charge in [0.05, 0.1) is 16.8 Å². The second-order valence-electron chi connectivity index (χ2n) is 3.96. The predicted molar refractivity (Wildman–Crippen MR) is 67.6 cm³/mol. The monoisotopic (exact) mass is 246 g/mol. The van der Waals surface area contributed by atoms with Gasteiger partial charge < -0.3 is 5.73 Å². The maximum absolute atomic E-state index is 10.7. The fourth-order valence-electron chi connectivity index (χ4n) is 1.69. The van der Waals surface area contributed by atoms with Crippen molar-refractivity contribution < 1.29 is 4.92 Å². The number of hydrogen-bond acceptors (Lipinski definition) is 4. The predicted octanol–water partition coefficient (Wildman–Crippen LogP) is 1.67. The number of non-ortho nitro benzene ring substituents is 1. The molecule has 6 heteroatoms. The summed E-state index contributed by atoms with van der Waals surface area (Å²) in [6, 6.07) is 6.39. The number of rotatable bonds is 5. The SMILES string of the molecule is NCCCc1cnn(-c2cccc([N+](=O)[O-])c2)c1. The van der Waals surface area contributed by atoms with Crippen LogP contribution in [-0.4, -0.2) is 21.2 Å². The highest BCUT2D eigenvalue weighted by molar-refractivity contribution is 5.42. The van der Waals surface area contributed by atoms with E-state index in [-0.39, 0.29) is 5.69 Å². The minimum absolute atomic E-state index is 0.0616. The van der Waals surface area contributed by atoms with Gasteiger partial charge in [-0.05, 0) is 31.0 Å². The standard InChI is InChI=1S/C12H14N4O2/c13-6-2-3-10-8-14-15(9-10)11-4-1-5-12(7-11)16(17)18/h1,4-5,7-9H,2-3,6,13H2. The number of nitrogens with zero attached hydrogens (tertiary/aromatic N) is 3. The molecule has 1 heterocycles. The lowest BCUT2D eigenvalue weighted by atomic mass is 10.2. The first-order valence-electron chi connectivity index (χ1n) is 5.69. The van der Waals surface area contributed by atoms with E-state index >= 15 is 0 Å². The van der Waals surface area contributed by atoms with Crippen LogP contribution in [0.4, 0.5) is 5.69 Å². The van der Waals surface area contributed by atoms with Crippen molar-refractivity contribution in [2.45, 2.75) is 12.8 Å². The summed E-state index contributed by atoms with van der Waals surface area (Å²) in [4.78, 5) is 10.3. The first-order valence-corrected chi connectivity index (χ1v) is 5.69. The van der Waals surface area contributed by atoms with Crippen molar-refractivity contribution in [1.29, 1.82) is 0 Å². The molecule has 0 aliphatic rings. The van der Waals surface area contributed by atoms with Gasteiger partial charge in [-0.15, -0.1) is 0 Å². The molecule has 0 fully saturated rings. The van der Waals surface area contributed by atoms with Gasteiger partial charge in [0.15, 0.2) is 0 Å². The van der Waals surface area contributed by atoms with E-state index in [9.17, 15) is 10.1 Å². The Labute approximate surface area is 104 Å². The van der Waals surface area contributed by atoms with Crippen LogP contribution < -0.4 is 5.73 Å². The number of nitrogens with two attached hydrogens (primary N) is 1. The van der Waals surface area contributed by atoms with E-state index in [0.717, 1.165) is 18.4 Å². The maximum atomic E-state index is 10.7. The van der Waals surface area contributed by atoms with Crippen LogP contribution in [0, 0.1) is 10.1 Å². The Morgan fingerprint density at radius 3 is 3.00 bits per heavy atom. The zero-order chi connectivity index (χ0) is 13.0. The number of nitro groups is 1. The molecule has 1 aromatic carbocycles. The average molecular weight is 246 g/mol. The van der Waals surface area contributed by atoms with Crippen molar-refractivity contribution in [3.8, 4) is 5.69 Å². The second kappa shape index (κ2) is 5.42. The molecule has 0 atom stereocenters. The Hall–Kier alpha value is -2.21. The zero-order valence-electron chi connectivity index (χ0n) is 9.82. The first-order chi connectivity index (χ1) is 8.70. The summed E-state index contributed by atoms with van der Waals surface area (Å²) < 4.78 is 1.64. The summed E-state index contributed by atoms with van der Waals surface area (Å²) in [5.41, 5.74) is 7.27. The van der Waals surface area contributed by atoms with Crippen LogP contribution in [0.2, 0.25) is 0 Å². The van der Waals surface area contributed by atoms with Gasteiger partial charge in [0, 0.05) is 18.3 Å². The highest BCUT2D eigenvalue weighted by Crippen LogP contribution is 2.16. The molecule has 1 aromatic heterocycles. The average Bonchev–Trinajstić information content (AvgIpc) is 2.85. The first kappa shape index (κ1) is 12.3. The molecule has 0 saturated carbocycles. The van der Waals surface area contributed by atoms with Crippen LogP contribution in [0.25, 0.3) is 5.69 Å². The van der Waals surface area contributed by atoms with Crippen molar-refractivity contribution in [3.05, 3.63) is 52.3 Å². The minimum atomic E-state index is -0.414. The summed E-state index contributed by atoms with van der Waals surface area (Å²) in [7, 11) is 0. The lowest BCUT2D eigenvalue weighted by Crippen LogP contribution is -1.99. The third-order valence-corrected chi connectivity index (χ3v) is 2.61. The molecule has 0 radical (unpaired) electrons. The van der Waals surface area contributed by atoms with E-state index in [0.29, 0.717) is 12.2 Å². The molecule has 0 amide bonds. The van der Waals surface area contributed by atoms with Crippen LogP contribution in [-0.2, 0) is 6.42 Å². The molecule has 18 heavy (non-hydrogen) atoms. The second-order valence-corrected chi connectivity index (χ2v) is 3.96. The number of aryl methyl sites for hydroxylation is 1. The molecule has 0 unspecified atom stereocenters. The lowest BCUT2D eigenvalue weighted by molar-refractivity contribution is -0.384. The summed E-state index contributed by atoms with van der Waals surface area (Å²) >= 11 is 0. The third kappa shape index (κ3) is 2.72. The van der Waals surface area contributed by atoms with E-state index in [4.69, 9.17) is 5.73 Å². The van der Waals surface area contributed by atoms with Gasteiger partial charge in [0.25, 0.3) is 5.69 Å². The minimum Gasteiger partial charge on any atom is -0.330 e. The molecule has 0 aliphatic heterocycles. The van der Waals surface area contributed by atoms with Crippen molar-refractivity contribution in [1.82, 2.24) is 9.78 Å². The van der Waals surface area contributed by atoms with Crippen molar-refractivity contribution in [3.63, 3.8) is 0 Å². The number of aromatic nitrogens is 2. The van der Waals surface area contributed by atoms with Crippen molar-refractivity contribution in [2.24, 2.45) is 5.73 Å². The van der Waals surface area contributed by atoms with E-state index < -0.39 is 4.92 Å². The third-order valence-electron chi connectivity index (χ3n) is 2.61. The summed E-state index contributed by atoms with van der Waals surface area (Å²) in [6.07, 6.45) is 5.40. The Morgan fingerprint density at radius 1 is 1.44 bits per heavy atom. The van der Waals surface area contributed by atoms with E-state index in [1.807, 2.05) is 6.20 Å². The number of benzene rings is 1. The van der Waals surface area contributed by atoms with Gasteiger partial charge in [0.2, 0.25) is 0 Å². The van der Waals surface area contributed by atoms with E-state index in [1.54, 1.807) is 23.0 Å². The number of nitro benzene ring substituents is 1. The van der Waals surface area contributed by atoms with E-state index in [2.05, 4.69) is 5.10 Å². The molecule has 0 bridgehead atoms. The number of hydrogen-bond donors (Lipinski definition) is 1. The van der Waals surface area contributed by atoms with Crippen molar-refractivity contribution >= 4 is 5.69 Å². The van der Waals surface area contributed by atoms with Gasteiger partial charge in [-0.1, -0.05) is 6.07 Å². The summed E-state index contributed by atoms with van der Waals surface area (Å²) in [5, 5.41) is 14.9. The molecule has 2 N–H and O–H groups in total. The highest BCUT2D eigenvalue weighted by atomic mass is 16.6. The topological polar surface area (TPSA) is 87.0 Å². The Kier molecular flexibility index (Phi) is 3.69. The lowest BCUT2D eigenvalue weighted by Gasteiger charge is -2.00. The van der Waals surface area contributed by atoms with Gasteiger partial charge in [-0.3, -0.25) is 10.1 Å². The maximum Gasteiger partial charge on any atom is 0.271 e. The molecular weight excluding hydrogens is 232 g/mol. The van der Waals surface area contributed by atoms with Crippen LogP contribution in [0.5, 0.6) is 0 Å². The van der Waals surface area contributed by atoms with Gasteiger partial charge in [-0.2, -0.15) is 5.10 Å². The summed E-state index contributed by atoms with van der Waals surface area (Å²) in [6.45, 7) is 0.641. The fourth-order valence-corrected chi connectivity index (χ4v) is 1.69. The quantitative estimate of drug-likeness (QED) is 0.642. The zero-order valence-corrected chi connectivity index (χ0v) is 9.82. The van der Waals surface area contributed by atoms with Crippen LogP contribution in [0.1, 0.15) is 12.0 Å². The Balaban J connectivity index is 2.23. The highest BCUT2D eigenvalue weighted by Gasteiger charge is 2.07. The van der Waals surface area contributed by atoms with Crippen molar-refractivity contribution in [2.75, 3.05) is 6.54 Å². The van der Waals surface area contributed by atoms with Gasteiger partial charge >= 0.3 is 0 Å². The van der Waals surface area contributed by atoms with Gasteiger partial charge in [0.1, 0.15) is 0 Å². The molecular formula is C12H14N4O2.